The predicted octanol–water partition coefficient (Wildman–Crippen LogP) is 3.21. The van der Waals surface area contributed by atoms with Crippen LogP contribution in [0.15, 0.2) is 34.9 Å². The third kappa shape index (κ3) is 1.69. The van der Waals surface area contributed by atoms with Crippen LogP contribution >= 0.6 is 0 Å². The Labute approximate surface area is 83.5 Å². The van der Waals surface area contributed by atoms with Crippen LogP contribution in [-0.2, 0) is 6.42 Å². The molecule has 0 aliphatic heterocycles. The van der Waals surface area contributed by atoms with Gasteiger partial charge in [-0.1, -0.05) is 30.3 Å². The van der Waals surface area contributed by atoms with Gasteiger partial charge in [-0.15, -0.1) is 0 Å². The molecule has 0 saturated heterocycles. The van der Waals surface area contributed by atoms with Crippen LogP contribution < -0.4 is 0 Å². The van der Waals surface area contributed by atoms with E-state index in [1.165, 1.54) is 5.56 Å². The van der Waals surface area contributed by atoms with Crippen LogP contribution in [-0.4, -0.2) is 5.16 Å². The van der Waals surface area contributed by atoms with Crippen molar-refractivity contribution in [1.82, 2.24) is 5.16 Å². The van der Waals surface area contributed by atoms with Crippen LogP contribution in [0.4, 0.5) is 0 Å². The first kappa shape index (κ1) is 9.00. The van der Waals surface area contributed by atoms with E-state index in [2.05, 4.69) is 24.2 Å². The van der Waals surface area contributed by atoms with Gasteiger partial charge in [0.25, 0.3) is 0 Å². The van der Waals surface area contributed by atoms with Gasteiger partial charge in [0.05, 0.1) is 5.69 Å². The molecule has 0 fully saturated rings. The number of aromatic nitrogens is 1. The molecule has 1 aromatic heterocycles. The van der Waals surface area contributed by atoms with Crippen molar-refractivity contribution in [2.75, 3.05) is 0 Å². The minimum Gasteiger partial charge on any atom is -0.356 e. The summed E-state index contributed by atoms with van der Waals surface area (Å²) in [5.41, 5.74) is 3.34. The lowest BCUT2D eigenvalue weighted by molar-refractivity contribution is 0.427. The third-order valence-corrected chi connectivity index (χ3v) is 2.25. The first-order chi connectivity index (χ1) is 6.79. The van der Waals surface area contributed by atoms with Crippen molar-refractivity contribution in [2.24, 2.45) is 0 Å². The molecule has 2 rings (SSSR count). The van der Waals surface area contributed by atoms with Crippen LogP contribution in [0.3, 0.4) is 0 Å². The SMILES string of the molecule is CCc1cccc(-c2cc(C)no2)c1. The zero-order valence-corrected chi connectivity index (χ0v) is 8.45. The number of hydrogen-bond donors (Lipinski definition) is 0. The van der Waals surface area contributed by atoms with Crippen molar-refractivity contribution >= 4 is 0 Å². The van der Waals surface area contributed by atoms with Crippen molar-refractivity contribution in [3.8, 4) is 11.3 Å². The molecule has 0 unspecified atom stereocenters. The van der Waals surface area contributed by atoms with E-state index < -0.39 is 0 Å². The Morgan fingerprint density at radius 3 is 2.79 bits per heavy atom. The summed E-state index contributed by atoms with van der Waals surface area (Å²) in [6.45, 7) is 4.07. The van der Waals surface area contributed by atoms with E-state index in [0.717, 1.165) is 23.4 Å². The molecule has 0 spiro atoms. The first-order valence-electron chi connectivity index (χ1n) is 4.82. The van der Waals surface area contributed by atoms with Gasteiger partial charge in [0.15, 0.2) is 5.76 Å². The van der Waals surface area contributed by atoms with Crippen LogP contribution in [0.2, 0.25) is 0 Å². The third-order valence-electron chi connectivity index (χ3n) is 2.25. The fraction of sp³-hybridized carbons (Fsp3) is 0.250. The number of benzene rings is 1. The van der Waals surface area contributed by atoms with Gasteiger partial charge in [-0.25, -0.2) is 0 Å². The first-order valence-corrected chi connectivity index (χ1v) is 4.82. The Morgan fingerprint density at radius 1 is 1.29 bits per heavy atom. The molecular formula is C12H13NO. The van der Waals surface area contributed by atoms with Crippen molar-refractivity contribution in [2.45, 2.75) is 20.3 Å². The van der Waals surface area contributed by atoms with Gasteiger partial charge in [0, 0.05) is 11.6 Å². The van der Waals surface area contributed by atoms with E-state index in [0.29, 0.717) is 0 Å². The van der Waals surface area contributed by atoms with Gasteiger partial charge in [-0.2, -0.15) is 0 Å². The monoisotopic (exact) mass is 187 g/mol. The fourth-order valence-corrected chi connectivity index (χ4v) is 1.44. The van der Waals surface area contributed by atoms with Gasteiger partial charge in [0.1, 0.15) is 0 Å². The highest BCUT2D eigenvalue weighted by molar-refractivity contribution is 5.58. The molecule has 0 aliphatic rings. The second-order valence-electron chi connectivity index (χ2n) is 3.39. The Bertz CT molecular complexity index is 431. The summed E-state index contributed by atoms with van der Waals surface area (Å²) in [5.74, 6) is 0.845. The van der Waals surface area contributed by atoms with Crippen LogP contribution in [0.25, 0.3) is 11.3 Å². The molecule has 2 nitrogen and oxygen atoms in total. The lowest BCUT2D eigenvalue weighted by Crippen LogP contribution is -1.80. The zero-order valence-electron chi connectivity index (χ0n) is 8.45. The van der Waals surface area contributed by atoms with Gasteiger partial charge in [0.2, 0.25) is 0 Å². The summed E-state index contributed by atoms with van der Waals surface area (Å²) < 4.78 is 5.20. The molecule has 1 heterocycles. The van der Waals surface area contributed by atoms with Crippen LogP contribution in [0.1, 0.15) is 18.2 Å². The minimum atomic E-state index is 0.845. The summed E-state index contributed by atoms with van der Waals surface area (Å²) in [6.07, 6.45) is 1.04. The lowest BCUT2D eigenvalue weighted by atomic mass is 10.1. The van der Waals surface area contributed by atoms with E-state index in [4.69, 9.17) is 4.52 Å². The molecule has 0 N–H and O–H groups in total. The summed E-state index contributed by atoms with van der Waals surface area (Å²) in [5, 5.41) is 3.87. The molecule has 0 saturated carbocycles. The van der Waals surface area contributed by atoms with E-state index in [9.17, 15) is 0 Å². The van der Waals surface area contributed by atoms with Gasteiger partial charge < -0.3 is 4.52 Å². The van der Waals surface area contributed by atoms with E-state index in [1.54, 1.807) is 0 Å². The molecule has 2 aromatic rings. The Hall–Kier alpha value is -1.57. The van der Waals surface area contributed by atoms with Crippen molar-refractivity contribution in [3.63, 3.8) is 0 Å². The highest BCUT2D eigenvalue weighted by Gasteiger charge is 2.03. The molecule has 72 valence electrons. The Balaban J connectivity index is 2.41. The van der Waals surface area contributed by atoms with Crippen molar-refractivity contribution in [1.29, 1.82) is 0 Å². The number of aryl methyl sites for hydroxylation is 2. The van der Waals surface area contributed by atoms with E-state index >= 15 is 0 Å². The van der Waals surface area contributed by atoms with E-state index in [-0.39, 0.29) is 0 Å². The Kier molecular flexibility index (Phi) is 2.35. The van der Waals surface area contributed by atoms with Crippen LogP contribution in [0, 0.1) is 6.92 Å². The molecule has 0 atom stereocenters. The summed E-state index contributed by atoms with van der Waals surface area (Å²) in [6, 6.07) is 10.3. The highest BCUT2D eigenvalue weighted by Crippen LogP contribution is 2.21. The number of hydrogen-bond acceptors (Lipinski definition) is 2. The van der Waals surface area contributed by atoms with Gasteiger partial charge in [-0.3, -0.25) is 0 Å². The summed E-state index contributed by atoms with van der Waals surface area (Å²) in [7, 11) is 0. The normalized spacial score (nSPS) is 10.4. The number of nitrogens with zero attached hydrogens (tertiary/aromatic N) is 1. The maximum Gasteiger partial charge on any atom is 0.167 e. The summed E-state index contributed by atoms with van der Waals surface area (Å²) >= 11 is 0. The second-order valence-corrected chi connectivity index (χ2v) is 3.39. The molecular weight excluding hydrogens is 174 g/mol. The highest BCUT2D eigenvalue weighted by atomic mass is 16.5. The molecule has 0 bridgehead atoms. The smallest absolute Gasteiger partial charge is 0.167 e. The van der Waals surface area contributed by atoms with Crippen LogP contribution in [0.5, 0.6) is 0 Å². The van der Waals surface area contributed by atoms with Crippen molar-refractivity contribution in [3.05, 3.63) is 41.6 Å². The maximum absolute atomic E-state index is 5.20. The molecule has 0 aliphatic carbocycles. The standard InChI is InChI=1S/C12H13NO/c1-3-10-5-4-6-11(8-10)12-7-9(2)13-14-12/h4-8H,3H2,1-2H3. The lowest BCUT2D eigenvalue weighted by Gasteiger charge is -1.98. The number of rotatable bonds is 2. The average molecular weight is 187 g/mol. The molecule has 2 heteroatoms. The topological polar surface area (TPSA) is 26.0 Å². The zero-order chi connectivity index (χ0) is 9.97. The van der Waals surface area contributed by atoms with Gasteiger partial charge >= 0.3 is 0 Å². The molecule has 1 aromatic carbocycles. The molecule has 14 heavy (non-hydrogen) atoms. The Morgan fingerprint density at radius 2 is 2.14 bits per heavy atom. The summed E-state index contributed by atoms with van der Waals surface area (Å²) in [4.78, 5) is 0. The largest absolute Gasteiger partial charge is 0.356 e. The molecule has 0 amide bonds. The van der Waals surface area contributed by atoms with Gasteiger partial charge in [-0.05, 0) is 25.0 Å². The predicted molar refractivity (Wildman–Crippen MR) is 56.1 cm³/mol. The maximum atomic E-state index is 5.20. The quantitative estimate of drug-likeness (QED) is 0.721. The minimum absolute atomic E-state index is 0.845. The van der Waals surface area contributed by atoms with E-state index in [1.807, 2.05) is 25.1 Å². The van der Waals surface area contributed by atoms with Crippen molar-refractivity contribution < 1.29 is 4.52 Å². The second kappa shape index (κ2) is 3.66. The fourth-order valence-electron chi connectivity index (χ4n) is 1.44. The molecule has 0 radical (unpaired) electrons. The average Bonchev–Trinajstić information content (AvgIpc) is 2.65.